The molecule has 0 spiro atoms. The van der Waals surface area contributed by atoms with Crippen molar-refractivity contribution in [1.82, 2.24) is 0 Å². The summed E-state index contributed by atoms with van der Waals surface area (Å²) < 4.78 is 3.48. The van der Waals surface area contributed by atoms with Crippen LogP contribution in [-0.4, -0.2) is 10.3 Å². The fourth-order valence-electron chi connectivity index (χ4n) is 2.51. The predicted octanol–water partition coefficient (Wildman–Crippen LogP) is 5.65. The van der Waals surface area contributed by atoms with Gasteiger partial charge < -0.3 is 11.5 Å². The Balaban J connectivity index is 0.00000225. The lowest BCUT2D eigenvalue weighted by atomic mass is 10.1. The summed E-state index contributed by atoms with van der Waals surface area (Å²) in [5.74, 6) is 1.36. The third-order valence-corrected chi connectivity index (χ3v) is 7.16. The summed E-state index contributed by atoms with van der Waals surface area (Å²) >= 11 is 8.05. The Kier molecular flexibility index (Phi) is 7.21. The Hall–Kier alpha value is -0.740. The van der Waals surface area contributed by atoms with Gasteiger partial charge in [0.1, 0.15) is 0 Å². The number of halogens is 2. The lowest BCUT2D eigenvalue weighted by Crippen LogP contribution is -2.03. The summed E-state index contributed by atoms with van der Waals surface area (Å²) in [7, 11) is 0. The second-order valence-corrected chi connectivity index (χ2v) is 9.01. The van der Waals surface area contributed by atoms with Crippen molar-refractivity contribution in [3.63, 3.8) is 0 Å². The Morgan fingerprint density at radius 1 is 0.960 bits per heavy atom. The van der Waals surface area contributed by atoms with Gasteiger partial charge in [-0.3, -0.25) is 10.8 Å². The molecule has 0 aliphatic heterocycles. The van der Waals surface area contributed by atoms with E-state index >= 15 is 0 Å². The highest BCUT2D eigenvalue weighted by atomic mass is 79.9. The fraction of sp³-hybridized carbons (Fsp3) is 0.125. The Bertz CT molecular complexity index is 955. The first-order valence-corrected chi connectivity index (χ1v) is 10.6. The molecule has 0 fully saturated rings. The summed E-state index contributed by atoms with van der Waals surface area (Å²) in [5.41, 5.74) is 13.3. The second-order valence-electron chi connectivity index (χ2n) is 5.10. The molecule has 0 atom stereocenters. The Morgan fingerprint density at radius 2 is 1.60 bits per heavy atom. The highest BCUT2D eigenvalue weighted by molar-refractivity contribution is 9.10. The van der Waals surface area contributed by atoms with E-state index < -0.39 is 0 Å². The average molecular weight is 520 g/mol. The van der Waals surface area contributed by atoms with Gasteiger partial charge in [-0.05, 0) is 17.2 Å². The van der Waals surface area contributed by atoms with E-state index in [0.29, 0.717) is 11.5 Å². The number of benzene rings is 2. The predicted molar refractivity (Wildman–Crippen MR) is 124 cm³/mol. The second kappa shape index (κ2) is 8.77. The Labute approximate surface area is 177 Å². The molecule has 132 valence electrons. The van der Waals surface area contributed by atoms with Gasteiger partial charge in [0, 0.05) is 36.2 Å². The first-order chi connectivity index (χ1) is 11.5. The van der Waals surface area contributed by atoms with Gasteiger partial charge in [-0.25, -0.2) is 0 Å². The highest BCUT2D eigenvalue weighted by Crippen LogP contribution is 2.41. The molecule has 0 radical (unpaired) electrons. The zero-order chi connectivity index (χ0) is 17.3. The molecule has 0 unspecified atom stereocenters. The van der Waals surface area contributed by atoms with E-state index in [1.165, 1.54) is 54.8 Å². The molecule has 25 heavy (non-hydrogen) atoms. The van der Waals surface area contributed by atoms with Crippen LogP contribution < -0.4 is 11.5 Å². The minimum absolute atomic E-state index is 0. The maximum atomic E-state index is 7.45. The van der Waals surface area contributed by atoms with Crippen LogP contribution in [0.4, 0.5) is 0 Å². The molecule has 0 aliphatic rings. The van der Waals surface area contributed by atoms with Crippen molar-refractivity contribution in [2.45, 2.75) is 11.5 Å². The maximum absolute atomic E-state index is 7.45. The number of rotatable bonds is 4. The molecule has 6 N–H and O–H groups in total. The van der Waals surface area contributed by atoms with Crippen molar-refractivity contribution in [2.24, 2.45) is 11.5 Å². The summed E-state index contributed by atoms with van der Waals surface area (Å²) in [4.78, 5) is 0. The number of nitrogens with one attached hydrogen (secondary N) is 2. The van der Waals surface area contributed by atoms with Gasteiger partial charge in [0.15, 0.2) is 10.3 Å². The molecule has 0 amide bonds. The minimum atomic E-state index is 0. The first-order valence-electron chi connectivity index (χ1n) is 7.02. The third-order valence-electron chi connectivity index (χ3n) is 3.55. The van der Waals surface area contributed by atoms with Crippen LogP contribution in [0.1, 0.15) is 11.1 Å². The van der Waals surface area contributed by atoms with E-state index in [1.54, 1.807) is 11.3 Å². The van der Waals surface area contributed by atoms with Gasteiger partial charge >= 0.3 is 0 Å². The molecule has 0 saturated carbocycles. The number of hydrogen-bond acceptors (Lipinski definition) is 5. The number of nitrogens with two attached hydrogens (primary N) is 2. The number of hydrogen-bond donors (Lipinski definition) is 4. The van der Waals surface area contributed by atoms with Crippen molar-refractivity contribution in [3.8, 4) is 0 Å². The van der Waals surface area contributed by atoms with Crippen molar-refractivity contribution in [3.05, 3.63) is 45.9 Å². The summed E-state index contributed by atoms with van der Waals surface area (Å²) in [6.07, 6.45) is 0. The molecule has 4 nitrogen and oxygen atoms in total. The van der Waals surface area contributed by atoms with Gasteiger partial charge in [0.2, 0.25) is 0 Å². The largest absolute Gasteiger partial charge is 0.379 e. The van der Waals surface area contributed by atoms with Gasteiger partial charge in [0.05, 0.1) is 0 Å². The molecule has 3 rings (SSSR count). The van der Waals surface area contributed by atoms with Gasteiger partial charge in [-0.1, -0.05) is 63.7 Å². The Morgan fingerprint density at radius 3 is 2.28 bits per heavy atom. The van der Waals surface area contributed by atoms with E-state index in [1.807, 2.05) is 0 Å². The van der Waals surface area contributed by atoms with Crippen molar-refractivity contribution < 1.29 is 0 Å². The van der Waals surface area contributed by atoms with Crippen LogP contribution in [0.15, 0.2) is 34.8 Å². The maximum Gasteiger partial charge on any atom is 0.151 e. The number of amidine groups is 2. The summed E-state index contributed by atoms with van der Waals surface area (Å²) in [5, 5.41) is 17.6. The average Bonchev–Trinajstić information content (AvgIpc) is 2.90. The molecule has 1 aromatic heterocycles. The molecule has 9 heteroatoms. The molecule has 0 saturated heterocycles. The smallest absolute Gasteiger partial charge is 0.151 e. The van der Waals surface area contributed by atoms with Crippen molar-refractivity contribution in [2.75, 3.05) is 0 Å². The van der Waals surface area contributed by atoms with Crippen molar-refractivity contribution in [1.29, 1.82) is 10.8 Å². The van der Waals surface area contributed by atoms with Crippen LogP contribution in [0, 0.1) is 10.8 Å². The van der Waals surface area contributed by atoms with E-state index in [0.717, 1.165) is 4.47 Å². The van der Waals surface area contributed by atoms with Crippen LogP contribution >= 0.6 is 67.8 Å². The quantitative estimate of drug-likeness (QED) is 0.264. The van der Waals surface area contributed by atoms with Crippen LogP contribution in [0.2, 0.25) is 0 Å². The molecule has 3 aromatic rings. The van der Waals surface area contributed by atoms with Crippen LogP contribution in [0.25, 0.3) is 20.2 Å². The standard InChI is InChI=1S/C16H15BrN4S3.BrH/c17-12-5-4-10-9-3-1-2-8(6-22-15(18)19)13(9)24-14(10)11(12)7-23-16(20)21;/h1-5H,6-7H2,(H3,18,19)(H3,20,21);1H. The SMILES string of the molecule is Br.N=C(N)SCc1cccc2c1sc1c(CSC(=N)N)c(Br)ccc12. The van der Waals surface area contributed by atoms with E-state index in [4.69, 9.17) is 22.3 Å². The highest BCUT2D eigenvalue weighted by Gasteiger charge is 2.14. The number of fused-ring (bicyclic) bond motifs is 3. The van der Waals surface area contributed by atoms with Crippen LogP contribution in [-0.2, 0) is 11.5 Å². The van der Waals surface area contributed by atoms with E-state index in [9.17, 15) is 0 Å². The minimum Gasteiger partial charge on any atom is -0.379 e. The monoisotopic (exact) mass is 518 g/mol. The topological polar surface area (TPSA) is 99.7 Å². The summed E-state index contributed by atoms with van der Waals surface area (Å²) in [6, 6.07) is 10.5. The number of thioether (sulfide) groups is 2. The normalized spacial score (nSPS) is 10.8. The third kappa shape index (κ3) is 4.51. The van der Waals surface area contributed by atoms with Gasteiger partial charge in [0.25, 0.3) is 0 Å². The van der Waals surface area contributed by atoms with Gasteiger partial charge in [-0.15, -0.1) is 28.3 Å². The molecule has 1 heterocycles. The van der Waals surface area contributed by atoms with Crippen molar-refractivity contribution >= 4 is 98.3 Å². The molecule has 0 bridgehead atoms. The summed E-state index contributed by atoms with van der Waals surface area (Å²) in [6.45, 7) is 0. The zero-order valence-electron chi connectivity index (χ0n) is 13.0. The lowest BCUT2D eigenvalue weighted by Gasteiger charge is -2.05. The molecule has 0 aliphatic carbocycles. The molecular weight excluding hydrogens is 504 g/mol. The van der Waals surface area contributed by atoms with E-state index in [2.05, 4.69) is 46.3 Å². The first kappa shape index (κ1) is 20.6. The van der Waals surface area contributed by atoms with Gasteiger partial charge in [-0.2, -0.15) is 0 Å². The molecule has 2 aromatic carbocycles. The lowest BCUT2D eigenvalue weighted by molar-refractivity contribution is 1.44. The molecular formula is C16H16Br2N4S3. The zero-order valence-corrected chi connectivity index (χ0v) is 18.7. The van der Waals surface area contributed by atoms with E-state index in [-0.39, 0.29) is 27.3 Å². The fourth-order valence-corrected chi connectivity index (χ4v) is 5.98. The van der Waals surface area contributed by atoms with Crippen LogP contribution in [0.5, 0.6) is 0 Å². The van der Waals surface area contributed by atoms with Crippen LogP contribution in [0.3, 0.4) is 0 Å². The number of thiophene rings is 1.